The smallest absolute Gasteiger partial charge is 0.408 e. The summed E-state index contributed by atoms with van der Waals surface area (Å²) in [5, 5.41) is 2.79. The molecule has 0 spiro atoms. The Labute approximate surface area is 227 Å². The third-order valence-corrected chi connectivity index (χ3v) is 6.29. The lowest BCUT2D eigenvalue weighted by molar-refractivity contribution is -0.135. The maximum atomic E-state index is 13.8. The minimum Gasteiger partial charge on any atom is -0.489 e. The number of carbonyl (C=O) groups excluding carboxylic acids is 2. The van der Waals surface area contributed by atoms with Crippen molar-refractivity contribution in [3.05, 3.63) is 72.3 Å². The molecule has 0 saturated carbocycles. The van der Waals surface area contributed by atoms with E-state index in [1.807, 2.05) is 74.5 Å². The Morgan fingerprint density at radius 3 is 2.42 bits per heavy atom. The van der Waals surface area contributed by atoms with Crippen LogP contribution in [0, 0.1) is 5.92 Å². The molecule has 3 atom stereocenters. The molecule has 1 heterocycles. The maximum Gasteiger partial charge on any atom is 0.408 e. The molecule has 0 radical (unpaired) electrons. The molecule has 1 N–H and O–H groups in total. The van der Waals surface area contributed by atoms with Crippen molar-refractivity contribution < 1.29 is 23.8 Å². The molecule has 1 saturated heterocycles. The van der Waals surface area contributed by atoms with Gasteiger partial charge in [0.15, 0.2) is 0 Å². The minimum absolute atomic E-state index is 0.123. The number of carbonyl (C=O) groups is 2. The predicted molar refractivity (Wildman–Crippen MR) is 149 cm³/mol. The van der Waals surface area contributed by atoms with Crippen LogP contribution in [0.1, 0.15) is 53.5 Å². The molecule has 38 heavy (non-hydrogen) atoms. The molecule has 2 aromatic rings. The third-order valence-electron chi connectivity index (χ3n) is 6.29. The SMILES string of the molecule is CCc1ccccc1OC/C=C/[C@@H]1C[C@H](Oc2ccccc2)CN1C(=O)C(NC(=O)OC(C)(C)C)C(C)C. The molecule has 0 aliphatic carbocycles. The van der Waals surface area contributed by atoms with E-state index in [4.69, 9.17) is 14.2 Å². The molecular formula is C31H42N2O5. The number of hydrogen-bond acceptors (Lipinski definition) is 5. The Kier molecular flexibility index (Phi) is 10.2. The second-order valence-electron chi connectivity index (χ2n) is 10.9. The van der Waals surface area contributed by atoms with Gasteiger partial charge in [-0.1, -0.05) is 63.2 Å². The molecule has 206 valence electrons. The van der Waals surface area contributed by atoms with Gasteiger partial charge in [0.2, 0.25) is 5.91 Å². The zero-order valence-electron chi connectivity index (χ0n) is 23.5. The van der Waals surface area contributed by atoms with E-state index in [1.165, 1.54) is 0 Å². The molecule has 1 fully saturated rings. The summed E-state index contributed by atoms with van der Waals surface area (Å²) in [6, 6.07) is 16.7. The summed E-state index contributed by atoms with van der Waals surface area (Å²) in [6.45, 7) is 12.1. The number of para-hydroxylation sites is 2. The standard InChI is InChI=1S/C31H42N2O5/c1-7-23-14-11-12-18-27(23)36-19-13-15-24-20-26(37-25-16-9-8-10-17-25)21-33(24)29(34)28(22(2)3)32-30(35)38-31(4,5)6/h8-18,22,24,26,28H,7,19-21H2,1-6H3,(H,32,35)/b15-13+/t24-,26+,28?/m1/s1. The van der Waals surface area contributed by atoms with Crippen LogP contribution in [-0.4, -0.2) is 53.8 Å². The van der Waals surface area contributed by atoms with E-state index in [0.717, 1.165) is 23.5 Å². The number of aryl methyl sites for hydroxylation is 1. The average Bonchev–Trinajstić information content (AvgIpc) is 3.26. The van der Waals surface area contributed by atoms with Gasteiger partial charge in [-0.25, -0.2) is 4.79 Å². The molecule has 0 bridgehead atoms. The fraction of sp³-hybridized carbons (Fsp3) is 0.484. The molecule has 1 aliphatic rings. The summed E-state index contributed by atoms with van der Waals surface area (Å²) in [7, 11) is 0. The Morgan fingerprint density at radius 1 is 1.08 bits per heavy atom. The molecule has 7 heteroatoms. The molecular weight excluding hydrogens is 480 g/mol. The fourth-order valence-electron chi connectivity index (χ4n) is 4.45. The van der Waals surface area contributed by atoms with Gasteiger partial charge in [-0.15, -0.1) is 0 Å². The summed E-state index contributed by atoms with van der Waals surface area (Å²) < 4.78 is 17.6. The van der Waals surface area contributed by atoms with Crippen LogP contribution in [0.4, 0.5) is 4.79 Å². The van der Waals surface area contributed by atoms with Gasteiger partial charge in [0.25, 0.3) is 0 Å². The third kappa shape index (κ3) is 8.54. The lowest BCUT2D eigenvalue weighted by Gasteiger charge is -2.30. The number of nitrogens with one attached hydrogen (secondary N) is 1. The maximum absolute atomic E-state index is 13.8. The molecule has 2 amide bonds. The first-order chi connectivity index (χ1) is 18.1. The number of alkyl carbamates (subject to hydrolysis) is 1. The first-order valence-corrected chi connectivity index (χ1v) is 13.5. The van der Waals surface area contributed by atoms with E-state index in [2.05, 4.69) is 18.3 Å². The van der Waals surface area contributed by atoms with Gasteiger partial charge in [0.1, 0.15) is 35.9 Å². The largest absolute Gasteiger partial charge is 0.489 e. The number of hydrogen-bond donors (Lipinski definition) is 1. The van der Waals surface area contributed by atoms with E-state index in [-0.39, 0.29) is 24.0 Å². The first kappa shape index (κ1) is 29.1. The summed E-state index contributed by atoms with van der Waals surface area (Å²) >= 11 is 0. The Morgan fingerprint density at radius 2 is 1.76 bits per heavy atom. The lowest BCUT2D eigenvalue weighted by atomic mass is 10.0. The number of ether oxygens (including phenoxy) is 3. The van der Waals surface area contributed by atoms with Crippen LogP contribution in [0.2, 0.25) is 0 Å². The van der Waals surface area contributed by atoms with Crippen LogP contribution in [-0.2, 0) is 16.0 Å². The second-order valence-corrected chi connectivity index (χ2v) is 10.9. The van der Waals surface area contributed by atoms with Crippen LogP contribution in [0.3, 0.4) is 0 Å². The van der Waals surface area contributed by atoms with Crippen molar-refractivity contribution in [2.24, 2.45) is 5.92 Å². The van der Waals surface area contributed by atoms with Gasteiger partial charge in [-0.05, 0) is 62.9 Å². The molecule has 1 aliphatic heterocycles. The Balaban J connectivity index is 1.74. The van der Waals surface area contributed by atoms with Crippen molar-refractivity contribution in [1.82, 2.24) is 10.2 Å². The highest BCUT2D eigenvalue weighted by molar-refractivity contribution is 5.86. The Hall–Kier alpha value is -3.48. The highest BCUT2D eigenvalue weighted by atomic mass is 16.6. The summed E-state index contributed by atoms with van der Waals surface area (Å²) in [4.78, 5) is 28.1. The molecule has 7 nitrogen and oxygen atoms in total. The first-order valence-electron chi connectivity index (χ1n) is 13.5. The van der Waals surface area contributed by atoms with Crippen molar-refractivity contribution in [2.75, 3.05) is 13.2 Å². The van der Waals surface area contributed by atoms with Gasteiger partial charge < -0.3 is 24.4 Å². The normalized spacial score (nSPS) is 18.4. The Bertz CT molecular complexity index is 1080. The molecule has 3 rings (SSSR count). The van der Waals surface area contributed by atoms with Crippen molar-refractivity contribution in [2.45, 2.75) is 78.2 Å². The van der Waals surface area contributed by atoms with Crippen molar-refractivity contribution in [3.8, 4) is 11.5 Å². The van der Waals surface area contributed by atoms with E-state index < -0.39 is 17.7 Å². The summed E-state index contributed by atoms with van der Waals surface area (Å²) in [5.74, 6) is 1.35. The van der Waals surface area contributed by atoms with Crippen molar-refractivity contribution >= 4 is 12.0 Å². The van der Waals surface area contributed by atoms with E-state index >= 15 is 0 Å². The highest BCUT2D eigenvalue weighted by Gasteiger charge is 2.39. The van der Waals surface area contributed by atoms with Gasteiger partial charge in [-0.2, -0.15) is 0 Å². The fourth-order valence-corrected chi connectivity index (χ4v) is 4.45. The number of benzene rings is 2. The molecule has 2 aromatic carbocycles. The number of amides is 2. The monoisotopic (exact) mass is 522 g/mol. The highest BCUT2D eigenvalue weighted by Crippen LogP contribution is 2.26. The van der Waals surface area contributed by atoms with Crippen LogP contribution >= 0.6 is 0 Å². The predicted octanol–water partition coefficient (Wildman–Crippen LogP) is 5.78. The van der Waals surface area contributed by atoms with Crippen molar-refractivity contribution in [1.29, 1.82) is 0 Å². The average molecular weight is 523 g/mol. The van der Waals surface area contributed by atoms with E-state index in [1.54, 1.807) is 25.7 Å². The number of nitrogens with zero attached hydrogens (tertiary/aromatic N) is 1. The topological polar surface area (TPSA) is 77.1 Å². The van der Waals surface area contributed by atoms with Crippen LogP contribution in [0.15, 0.2) is 66.7 Å². The number of rotatable bonds is 10. The van der Waals surface area contributed by atoms with Crippen LogP contribution in [0.25, 0.3) is 0 Å². The summed E-state index contributed by atoms with van der Waals surface area (Å²) in [5.41, 5.74) is 0.501. The van der Waals surface area contributed by atoms with E-state index in [0.29, 0.717) is 19.6 Å². The quantitative estimate of drug-likeness (QED) is 0.400. The molecule has 0 aromatic heterocycles. The zero-order valence-corrected chi connectivity index (χ0v) is 23.5. The second kappa shape index (κ2) is 13.4. The van der Waals surface area contributed by atoms with Crippen LogP contribution in [0.5, 0.6) is 11.5 Å². The lowest BCUT2D eigenvalue weighted by Crippen LogP contribution is -2.53. The van der Waals surface area contributed by atoms with Crippen LogP contribution < -0.4 is 14.8 Å². The van der Waals surface area contributed by atoms with Crippen molar-refractivity contribution in [3.63, 3.8) is 0 Å². The van der Waals surface area contributed by atoms with Gasteiger partial charge in [0.05, 0.1) is 12.6 Å². The van der Waals surface area contributed by atoms with Gasteiger partial charge >= 0.3 is 6.09 Å². The molecule has 1 unspecified atom stereocenters. The van der Waals surface area contributed by atoms with E-state index in [9.17, 15) is 9.59 Å². The van der Waals surface area contributed by atoms with Gasteiger partial charge in [0, 0.05) is 6.42 Å². The number of likely N-dealkylation sites (tertiary alicyclic amines) is 1. The van der Waals surface area contributed by atoms with Gasteiger partial charge in [-0.3, -0.25) is 4.79 Å². The zero-order chi connectivity index (χ0) is 27.7. The minimum atomic E-state index is -0.719. The summed E-state index contributed by atoms with van der Waals surface area (Å²) in [6.07, 6.45) is 4.72.